The molecule has 0 heterocycles. The smallest absolute Gasteiger partial charge is 0.0615 e. The van der Waals surface area contributed by atoms with E-state index in [4.69, 9.17) is 5.11 Å². The van der Waals surface area contributed by atoms with Crippen molar-refractivity contribution in [3.63, 3.8) is 0 Å². The van der Waals surface area contributed by atoms with Gasteiger partial charge in [0, 0.05) is 0 Å². The second kappa shape index (κ2) is 4.24. The number of aliphatic hydroxyl groups excluding tert-OH is 1. The van der Waals surface area contributed by atoms with Crippen LogP contribution in [0.3, 0.4) is 0 Å². The summed E-state index contributed by atoms with van der Waals surface area (Å²) in [5.74, 6) is 0. The van der Waals surface area contributed by atoms with E-state index < -0.39 is 0 Å². The van der Waals surface area contributed by atoms with Crippen molar-refractivity contribution in [2.24, 2.45) is 0 Å². The standard InChI is InChI=1S/C12H16O/c1-9-7-11(3)12(5-4-6-13)8-10(9)2/h4-5,7-8,13H,6H2,1-3H3. The summed E-state index contributed by atoms with van der Waals surface area (Å²) >= 11 is 0. The molecular weight excluding hydrogens is 160 g/mol. The van der Waals surface area contributed by atoms with Gasteiger partial charge in [-0.05, 0) is 43.0 Å². The lowest BCUT2D eigenvalue weighted by Crippen LogP contribution is -1.87. The number of rotatable bonds is 2. The molecule has 1 heteroatoms. The van der Waals surface area contributed by atoms with Crippen LogP contribution in [0.2, 0.25) is 0 Å². The van der Waals surface area contributed by atoms with Crippen molar-refractivity contribution in [3.05, 3.63) is 40.5 Å². The van der Waals surface area contributed by atoms with Gasteiger partial charge < -0.3 is 5.11 Å². The fourth-order valence-electron chi connectivity index (χ4n) is 1.34. The van der Waals surface area contributed by atoms with E-state index in [1.54, 1.807) is 6.08 Å². The number of hydrogen-bond donors (Lipinski definition) is 1. The molecule has 0 unspecified atom stereocenters. The number of hydrogen-bond acceptors (Lipinski definition) is 1. The predicted molar refractivity (Wildman–Crippen MR) is 56.8 cm³/mol. The summed E-state index contributed by atoms with van der Waals surface area (Å²) < 4.78 is 0. The van der Waals surface area contributed by atoms with E-state index in [0.717, 1.165) is 0 Å². The van der Waals surface area contributed by atoms with E-state index >= 15 is 0 Å². The molecule has 0 bridgehead atoms. The molecule has 1 aromatic carbocycles. The van der Waals surface area contributed by atoms with Gasteiger partial charge in [0.2, 0.25) is 0 Å². The summed E-state index contributed by atoms with van der Waals surface area (Å²) in [6, 6.07) is 4.32. The zero-order chi connectivity index (χ0) is 9.84. The molecule has 0 spiro atoms. The van der Waals surface area contributed by atoms with Gasteiger partial charge in [-0.2, -0.15) is 0 Å². The third-order valence-corrected chi connectivity index (χ3v) is 2.29. The van der Waals surface area contributed by atoms with E-state index in [1.807, 2.05) is 6.08 Å². The average Bonchev–Trinajstić information content (AvgIpc) is 2.09. The predicted octanol–water partition coefficient (Wildman–Crippen LogP) is 2.62. The quantitative estimate of drug-likeness (QED) is 0.734. The summed E-state index contributed by atoms with van der Waals surface area (Å²) in [4.78, 5) is 0. The van der Waals surface area contributed by atoms with Crippen LogP contribution in [0, 0.1) is 20.8 Å². The van der Waals surface area contributed by atoms with Crippen molar-refractivity contribution in [2.45, 2.75) is 20.8 Å². The molecule has 0 amide bonds. The van der Waals surface area contributed by atoms with Crippen LogP contribution in [0.15, 0.2) is 18.2 Å². The zero-order valence-electron chi connectivity index (χ0n) is 8.46. The Kier molecular flexibility index (Phi) is 3.26. The van der Waals surface area contributed by atoms with Gasteiger partial charge >= 0.3 is 0 Å². The SMILES string of the molecule is Cc1cc(C)c(C=CCO)cc1C. The molecule has 0 aliphatic rings. The maximum absolute atomic E-state index is 8.66. The van der Waals surface area contributed by atoms with Gasteiger partial charge in [-0.1, -0.05) is 24.3 Å². The minimum Gasteiger partial charge on any atom is -0.392 e. The van der Waals surface area contributed by atoms with Gasteiger partial charge in [0.25, 0.3) is 0 Å². The molecule has 0 aromatic heterocycles. The topological polar surface area (TPSA) is 20.2 Å². The van der Waals surface area contributed by atoms with Crippen LogP contribution in [0.5, 0.6) is 0 Å². The highest BCUT2D eigenvalue weighted by atomic mass is 16.2. The molecule has 13 heavy (non-hydrogen) atoms. The first-order valence-electron chi connectivity index (χ1n) is 4.50. The lowest BCUT2D eigenvalue weighted by Gasteiger charge is -2.05. The molecule has 0 atom stereocenters. The average molecular weight is 176 g/mol. The van der Waals surface area contributed by atoms with Gasteiger partial charge in [-0.25, -0.2) is 0 Å². The highest BCUT2D eigenvalue weighted by Crippen LogP contribution is 2.16. The third-order valence-electron chi connectivity index (χ3n) is 2.29. The molecule has 0 fully saturated rings. The molecule has 70 valence electrons. The molecule has 0 saturated carbocycles. The lowest BCUT2D eigenvalue weighted by atomic mass is 10.0. The molecular formula is C12H16O. The third kappa shape index (κ3) is 2.43. The van der Waals surface area contributed by atoms with Crippen LogP contribution in [0.4, 0.5) is 0 Å². The summed E-state index contributed by atoms with van der Waals surface area (Å²) in [5.41, 5.74) is 5.06. The van der Waals surface area contributed by atoms with Gasteiger partial charge in [0.1, 0.15) is 0 Å². The number of aliphatic hydroxyl groups is 1. The second-order valence-corrected chi connectivity index (χ2v) is 3.38. The van der Waals surface area contributed by atoms with Crippen molar-refractivity contribution in [3.8, 4) is 0 Å². The maximum atomic E-state index is 8.66. The largest absolute Gasteiger partial charge is 0.392 e. The Morgan fingerprint density at radius 1 is 1.08 bits per heavy atom. The second-order valence-electron chi connectivity index (χ2n) is 3.38. The van der Waals surface area contributed by atoms with Crippen LogP contribution in [-0.4, -0.2) is 11.7 Å². The molecule has 1 rings (SSSR count). The van der Waals surface area contributed by atoms with E-state index in [0.29, 0.717) is 0 Å². The Balaban J connectivity index is 3.08. The minimum atomic E-state index is 0.104. The van der Waals surface area contributed by atoms with Crippen LogP contribution < -0.4 is 0 Å². The summed E-state index contributed by atoms with van der Waals surface area (Å²) in [5, 5.41) is 8.66. The molecule has 0 aliphatic carbocycles. The fourth-order valence-corrected chi connectivity index (χ4v) is 1.34. The first kappa shape index (κ1) is 10.0. The first-order chi connectivity index (χ1) is 6.15. The van der Waals surface area contributed by atoms with E-state index in [1.165, 1.54) is 22.3 Å². The molecule has 1 N–H and O–H groups in total. The Morgan fingerprint density at radius 3 is 2.31 bits per heavy atom. The normalized spacial score (nSPS) is 11.1. The maximum Gasteiger partial charge on any atom is 0.0615 e. The van der Waals surface area contributed by atoms with Gasteiger partial charge in [-0.15, -0.1) is 0 Å². The fraction of sp³-hybridized carbons (Fsp3) is 0.333. The minimum absolute atomic E-state index is 0.104. The molecule has 1 nitrogen and oxygen atoms in total. The van der Waals surface area contributed by atoms with Gasteiger partial charge in [0.05, 0.1) is 6.61 Å². The number of benzene rings is 1. The highest BCUT2D eigenvalue weighted by molar-refractivity contribution is 5.56. The Bertz CT molecular complexity index is 324. The molecule has 0 saturated heterocycles. The Labute approximate surface area is 79.7 Å². The highest BCUT2D eigenvalue weighted by Gasteiger charge is 1.97. The van der Waals surface area contributed by atoms with Crippen LogP contribution in [0.25, 0.3) is 6.08 Å². The monoisotopic (exact) mass is 176 g/mol. The Hall–Kier alpha value is -1.08. The van der Waals surface area contributed by atoms with E-state index in [-0.39, 0.29) is 6.61 Å². The summed E-state index contributed by atoms with van der Waals surface area (Å²) in [6.45, 7) is 6.41. The van der Waals surface area contributed by atoms with E-state index in [2.05, 4.69) is 32.9 Å². The molecule has 0 aliphatic heterocycles. The van der Waals surface area contributed by atoms with Crippen LogP contribution >= 0.6 is 0 Å². The Morgan fingerprint density at radius 2 is 1.69 bits per heavy atom. The van der Waals surface area contributed by atoms with Crippen molar-refractivity contribution < 1.29 is 5.11 Å². The zero-order valence-corrected chi connectivity index (χ0v) is 8.46. The van der Waals surface area contributed by atoms with Crippen molar-refractivity contribution >= 4 is 6.08 Å². The van der Waals surface area contributed by atoms with Gasteiger partial charge in [-0.3, -0.25) is 0 Å². The lowest BCUT2D eigenvalue weighted by molar-refractivity contribution is 0.343. The van der Waals surface area contributed by atoms with E-state index in [9.17, 15) is 0 Å². The van der Waals surface area contributed by atoms with Crippen molar-refractivity contribution in [1.82, 2.24) is 0 Å². The van der Waals surface area contributed by atoms with Crippen molar-refractivity contribution in [1.29, 1.82) is 0 Å². The molecule has 0 radical (unpaired) electrons. The first-order valence-corrected chi connectivity index (χ1v) is 4.50. The van der Waals surface area contributed by atoms with Gasteiger partial charge in [0.15, 0.2) is 0 Å². The molecule has 1 aromatic rings. The van der Waals surface area contributed by atoms with Crippen LogP contribution in [-0.2, 0) is 0 Å². The number of aryl methyl sites for hydroxylation is 3. The summed E-state index contributed by atoms with van der Waals surface area (Å²) in [6.07, 6.45) is 3.72. The van der Waals surface area contributed by atoms with Crippen molar-refractivity contribution in [2.75, 3.05) is 6.61 Å². The summed E-state index contributed by atoms with van der Waals surface area (Å²) in [7, 11) is 0. The van der Waals surface area contributed by atoms with Crippen LogP contribution in [0.1, 0.15) is 22.3 Å².